The van der Waals surface area contributed by atoms with Crippen molar-refractivity contribution >= 4 is 0 Å². The predicted molar refractivity (Wildman–Crippen MR) is 0 cm³/mol. The van der Waals surface area contributed by atoms with Crippen LogP contribution in [0.2, 0.25) is 0 Å². The first-order valence-electron chi connectivity index (χ1n) is 0. The quantitative estimate of drug-likeness (QED) is 0.551. The molecule has 0 aliphatic rings. The zero-order valence-electron chi connectivity index (χ0n) is 1.51. The Labute approximate surface area is 84.3 Å². The molecule has 0 nitrogen and oxygen atoms in total. The summed E-state index contributed by atoms with van der Waals surface area (Å²) in [6, 6.07) is 0. The van der Waals surface area contributed by atoms with E-state index >= 15 is 0 Å². The van der Waals surface area contributed by atoms with Crippen LogP contribution in [0.3, 0.4) is 0 Å². The van der Waals surface area contributed by atoms with Gasteiger partial charge in [0.25, 0.3) is 0 Å². The minimum absolute atomic E-state index is 0. The standard InChI is InChI=1S/5Cu. The second-order valence-electron chi connectivity index (χ2n) is 0. The van der Waals surface area contributed by atoms with Gasteiger partial charge in [0.2, 0.25) is 0 Å². The molecule has 0 aromatic rings. The maximum Gasteiger partial charge on any atom is 0 e. The molecule has 0 saturated carbocycles. The van der Waals surface area contributed by atoms with Crippen LogP contribution in [0.5, 0.6) is 0 Å². The Morgan fingerprint density at radius 1 is 0.200 bits per heavy atom. The number of hydrogen-bond acceptors (Lipinski definition) is 0. The Morgan fingerprint density at radius 3 is 0.200 bits per heavy atom. The van der Waals surface area contributed by atoms with Crippen molar-refractivity contribution in [2.24, 2.45) is 0 Å². The first-order chi connectivity index (χ1) is 0. The molecule has 0 amide bonds. The van der Waals surface area contributed by atoms with E-state index in [0.717, 1.165) is 0 Å². The van der Waals surface area contributed by atoms with E-state index < -0.39 is 0 Å². The molecule has 0 saturated heterocycles. The van der Waals surface area contributed by atoms with Gasteiger partial charge in [0.15, 0.2) is 0 Å². The Hall–Kier alpha value is 2.60. The third-order valence-electron chi connectivity index (χ3n) is 0. The van der Waals surface area contributed by atoms with Gasteiger partial charge in [-0.15, -0.1) is 0 Å². The van der Waals surface area contributed by atoms with Gasteiger partial charge in [-0.1, -0.05) is 0 Å². The summed E-state index contributed by atoms with van der Waals surface area (Å²) in [6.07, 6.45) is 0. The van der Waals surface area contributed by atoms with Gasteiger partial charge in [-0.25, -0.2) is 0 Å². The smallest absolute Gasteiger partial charge is 0 e. The Bertz CT molecular complexity index is 0. The zero-order valence-corrected chi connectivity index (χ0v) is 6.22. The van der Waals surface area contributed by atoms with Gasteiger partial charge >= 0.3 is 0 Å². The molecule has 0 aliphatic carbocycles. The van der Waals surface area contributed by atoms with Crippen LogP contribution in [-0.2, 0) is 85.3 Å². The van der Waals surface area contributed by atoms with Gasteiger partial charge in [-0.05, 0) is 0 Å². The van der Waals surface area contributed by atoms with Gasteiger partial charge in [-0.2, -0.15) is 0 Å². The van der Waals surface area contributed by atoms with E-state index in [9.17, 15) is 0 Å². The van der Waals surface area contributed by atoms with Gasteiger partial charge in [0.05, 0.1) is 0 Å². The fraction of sp³-hybridized carbons (Fsp3) is 0. The predicted octanol–water partition coefficient (Wildman–Crippen LogP) is -0.0125. The van der Waals surface area contributed by atoms with Crippen molar-refractivity contribution in [3.05, 3.63) is 0 Å². The third-order valence-corrected chi connectivity index (χ3v) is 0. The molecule has 0 aromatic heterocycles. The molecule has 0 N–H and O–H groups in total. The van der Waals surface area contributed by atoms with Crippen LogP contribution in [0.25, 0.3) is 0 Å². The Kier molecular flexibility index (Phi) is 300. The monoisotopic (exact) mass is 315 g/mol. The van der Waals surface area contributed by atoms with Crippen molar-refractivity contribution in [1.29, 1.82) is 0 Å². The summed E-state index contributed by atoms with van der Waals surface area (Å²) in [5, 5.41) is 0. The van der Waals surface area contributed by atoms with Crippen molar-refractivity contribution < 1.29 is 85.3 Å². The first kappa shape index (κ1) is 49.0. The van der Waals surface area contributed by atoms with Crippen molar-refractivity contribution in [3.63, 3.8) is 0 Å². The fourth-order valence-corrected chi connectivity index (χ4v) is 0. The molecule has 5 heavy (non-hydrogen) atoms. The summed E-state index contributed by atoms with van der Waals surface area (Å²) in [7, 11) is 0. The van der Waals surface area contributed by atoms with Gasteiger partial charge in [0, 0.05) is 85.3 Å². The van der Waals surface area contributed by atoms with E-state index in [4.69, 9.17) is 0 Å². The summed E-state index contributed by atoms with van der Waals surface area (Å²) < 4.78 is 0. The molecule has 5 heteroatoms. The minimum Gasteiger partial charge on any atom is 0 e. The molecule has 0 unspecified atom stereocenters. The summed E-state index contributed by atoms with van der Waals surface area (Å²) in [5.41, 5.74) is 0. The maximum atomic E-state index is 0. The Balaban J connectivity index is 0. The van der Waals surface area contributed by atoms with E-state index in [1.165, 1.54) is 0 Å². The maximum absolute atomic E-state index is 0. The number of hydrogen-bond donors (Lipinski definition) is 0. The largest absolute Gasteiger partial charge is 0 e. The molecular weight excluding hydrogens is 318 g/mol. The van der Waals surface area contributed by atoms with Crippen LogP contribution in [0, 0.1) is 0 Å². The first-order valence-corrected chi connectivity index (χ1v) is 0. The molecule has 0 spiro atoms. The molecule has 0 bridgehead atoms. The summed E-state index contributed by atoms with van der Waals surface area (Å²) in [4.78, 5) is 0. The molecule has 0 atom stereocenters. The molecule has 0 rings (SSSR count). The van der Waals surface area contributed by atoms with Crippen LogP contribution in [0.15, 0.2) is 0 Å². The van der Waals surface area contributed by atoms with Crippen LogP contribution in [0.1, 0.15) is 0 Å². The summed E-state index contributed by atoms with van der Waals surface area (Å²) >= 11 is 0. The molecule has 0 heterocycles. The topological polar surface area (TPSA) is 0 Å². The molecular formula is Cu5. The van der Waals surface area contributed by atoms with Crippen molar-refractivity contribution in [1.82, 2.24) is 0 Å². The van der Waals surface area contributed by atoms with Crippen LogP contribution < -0.4 is 0 Å². The van der Waals surface area contributed by atoms with E-state index in [1.807, 2.05) is 0 Å². The average molecular weight is 318 g/mol. The summed E-state index contributed by atoms with van der Waals surface area (Å²) in [5.74, 6) is 0. The van der Waals surface area contributed by atoms with E-state index in [-0.39, 0.29) is 85.3 Å². The second kappa shape index (κ2) is 30.6. The normalized spacial score (nSPS) is 0. The molecule has 5 radical (unpaired) electrons. The van der Waals surface area contributed by atoms with Crippen molar-refractivity contribution in [2.75, 3.05) is 0 Å². The molecule has 0 fully saturated rings. The fourth-order valence-electron chi connectivity index (χ4n) is 0. The van der Waals surface area contributed by atoms with Gasteiger partial charge in [0.1, 0.15) is 0 Å². The van der Waals surface area contributed by atoms with Gasteiger partial charge < -0.3 is 0 Å². The van der Waals surface area contributed by atoms with Crippen LogP contribution in [-0.4, -0.2) is 0 Å². The van der Waals surface area contributed by atoms with E-state index in [1.54, 1.807) is 0 Å². The molecule has 0 aromatic carbocycles. The third kappa shape index (κ3) is 20.7. The average Bonchev–Trinajstić information content (AvgIpc) is 0. The van der Waals surface area contributed by atoms with Crippen molar-refractivity contribution in [3.8, 4) is 0 Å². The summed E-state index contributed by atoms with van der Waals surface area (Å²) in [6.45, 7) is 0. The molecule has 55 valence electrons. The SMILES string of the molecule is [Cu].[Cu].[Cu].[Cu].[Cu]. The number of rotatable bonds is 0. The van der Waals surface area contributed by atoms with Crippen LogP contribution in [0.4, 0.5) is 0 Å². The molecule has 0 aliphatic heterocycles. The second-order valence-corrected chi connectivity index (χ2v) is 0. The van der Waals surface area contributed by atoms with Crippen LogP contribution >= 0.6 is 0 Å². The Morgan fingerprint density at radius 2 is 0.200 bits per heavy atom. The zero-order chi connectivity index (χ0) is 0. The van der Waals surface area contributed by atoms with E-state index in [2.05, 4.69) is 0 Å². The van der Waals surface area contributed by atoms with Gasteiger partial charge in [-0.3, -0.25) is 0 Å². The minimum atomic E-state index is 0. The van der Waals surface area contributed by atoms with Crippen molar-refractivity contribution in [2.45, 2.75) is 0 Å². The van der Waals surface area contributed by atoms with E-state index in [0.29, 0.717) is 0 Å².